The number of anilines is 1. The van der Waals surface area contributed by atoms with E-state index in [-0.39, 0.29) is 11.7 Å². The van der Waals surface area contributed by atoms with Gasteiger partial charge in [-0.15, -0.1) is 5.10 Å². The first-order chi connectivity index (χ1) is 11.2. The molecule has 116 valence electrons. The van der Waals surface area contributed by atoms with Gasteiger partial charge in [-0.25, -0.2) is 4.98 Å². The van der Waals surface area contributed by atoms with Crippen LogP contribution in [0, 0.1) is 0 Å². The number of thioether (sulfide) groups is 1. The number of nitrogens with one attached hydrogen (secondary N) is 1. The van der Waals surface area contributed by atoms with E-state index >= 15 is 0 Å². The van der Waals surface area contributed by atoms with Crippen molar-refractivity contribution in [2.24, 2.45) is 0 Å². The summed E-state index contributed by atoms with van der Waals surface area (Å²) in [5.41, 5.74) is 0.825. The summed E-state index contributed by atoms with van der Waals surface area (Å²) in [4.78, 5) is 16.0. The number of carbonyl (C=O) groups is 1. The third-order valence-corrected chi connectivity index (χ3v) is 4.22. The molecule has 0 aliphatic rings. The second-order valence-corrected chi connectivity index (χ2v) is 6.26. The molecule has 0 unspecified atom stereocenters. The van der Waals surface area contributed by atoms with E-state index in [1.807, 2.05) is 30.3 Å². The van der Waals surface area contributed by atoms with Gasteiger partial charge in [0, 0.05) is 10.7 Å². The van der Waals surface area contributed by atoms with Gasteiger partial charge in [-0.1, -0.05) is 33.8 Å². The predicted molar refractivity (Wildman–Crippen MR) is 90.4 cm³/mol. The molecule has 0 aliphatic carbocycles. The summed E-state index contributed by atoms with van der Waals surface area (Å²) in [5, 5.41) is 14.8. The van der Waals surface area contributed by atoms with Crippen LogP contribution in [0.15, 0.2) is 58.3 Å². The highest BCUT2D eigenvalue weighted by atomic mass is 79.9. The molecule has 0 saturated heterocycles. The maximum absolute atomic E-state index is 11.9. The fraction of sp³-hybridized carbons (Fsp3) is 0.0714. The molecule has 0 radical (unpaired) electrons. The number of aromatic nitrogens is 5. The zero-order chi connectivity index (χ0) is 16.1. The average molecular weight is 391 g/mol. The van der Waals surface area contributed by atoms with Gasteiger partial charge in [0.1, 0.15) is 5.82 Å². The molecule has 0 atom stereocenters. The van der Waals surface area contributed by atoms with E-state index in [2.05, 4.69) is 41.8 Å². The highest BCUT2D eigenvalue weighted by Crippen LogP contribution is 2.20. The van der Waals surface area contributed by atoms with Crippen molar-refractivity contribution in [1.82, 2.24) is 25.2 Å². The summed E-state index contributed by atoms with van der Waals surface area (Å²) < 4.78 is 2.56. The smallest absolute Gasteiger partial charge is 0.236 e. The Morgan fingerprint density at radius 2 is 2.04 bits per heavy atom. The summed E-state index contributed by atoms with van der Waals surface area (Å²) >= 11 is 4.64. The molecule has 0 bridgehead atoms. The number of benzene rings is 1. The summed E-state index contributed by atoms with van der Waals surface area (Å²) in [6, 6.07) is 12.9. The number of hydrogen-bond acceptors (Lipinski definition) is 6. The fourth-order valence-corrected chi connectivity index (χ4v) is 2.71. The molecule has 23 heavy (non-hydrogen) atoms. The molecule has 0 spiro atoms. The van der Waals surface area contributed by atoms with Gasteiger partial charge in [-0.2, -0.15) is 4.68 Å². The van der Waals surface area contributed by atoms with Crippen LogP contribution in [0.25, 0.3) is 5.69 Å². The molecular weight excluding hydrogens is 380 g/mol. The first-order valence-electron chi connectivity index (χ1n) is 6.60. The summed E-state index contributed by atoms with van der Waals surface area (Å²) in [6.45, 7) is 0. The summed E-state index contributed by atoms with van der Waals surface area (Å²) in [5.74, 6) is 0.540. The Bertz CT molecular complexity index is 793. The van der Waals surface area contributed by atoms with Crippen molar-refractivity contribution in [2.45, 2.75) is 5.16 Å². The number of carbonyl (C=O) groups excluding carboxylic acids is 1. The Labute approximate surface area is 144 Å². The molecule has 0 fully saturated rings. The first-order valence-corrected chi connectivity index (χ1v) is 8.38. The maximum atomic E-state index is 11.9. The van der Waals surface area contributed by atoms with Gasteiger partial charge in [0.15, 0.2) is 0 Å². The van der Waals surface area contributed by atoms with E-state index in [9.17, 15) is 4.79 Å². The van der Waals surface area contributed by atoms with Crippen molar-refractivity contribution in [3.63, 3.8) is 0 Å². The molecule has 7 nitrogen and oxygen atoms in total. The lowest BCUT2D eigenvalue weighted by Crippen LogP contribution is -2.15. The lowest BCUT2D eigenvalue weighted by Gasteiger charge is -2.05. The van der Waals surface area contributed by atoms with Crippen LogP contribution in [-0.4, -0.2) is 36.9 Å². The third kappa shape index (κ3) is 4.14. The van der Waals surface area contributed by atoms with Gasteiger partial charge in [0.2, 0.25) is 11.1 Å². The average Bonchev–Trinajstić information content (AvgIpc) is 3.03. The lowest BCUT2D eigenvalue weighted by atomic mass is 10.3. The van der Waals surface area contributed by atoms with E-state index < -0.39 is 0 Å². The van der Waals surface area contributed by atoms with E-state index in [4.69, 9.17) is 0 Å². The van der Waals surface area contributed by atoms with Gasteiger partial charge in [0.25, 0.3) is 0 Å². The van der Waals surface area contributed by atoms with Crippen molar-refractivity contribution in [3.8, 4) is 5.69 Å². The number of tetrazole rings is 1. The van der Waals surface area contributed by atoms with Gasteiger partial charge in [-0.3, -0.25) is 4.79 Å². The van der Waals surface area contributed by atoms with Crippen molar-refractivity contribution in [2.75, 3.05) is 11.1 Å². The second-order valence-electron chi connectivity index (χ2n) is 4.40. The summed E-state index contributed by atoms with van der Waals surface area (Å²) in [7, 11) is 0. The molecule has 2 heterocycles. The monoisotopic (exact) mass is 390 g/mol. The van der Waals surface area contributed by atoms with Crippen molar-refractivity contribution < 1.29 is 4.79 Å². The standard InChI is InChI=1S/C14H11BrN6OS/c15-10-4-6-11(7-5-10)21-14(18-19-20-21)23-9-13(22)17-12-3-1-2-8-16-12/h1-8H,9H2,(H,16,17,22). The van der Waals surface area contributed by atoms with Crippen LogP contribution in [0.4, 0.5) is 5.82 Å². The van der Waals surface area contributed by atoms with Crippen molar-refractivity contribution >= 4 is 39.4 Å². The van der Waals surface area contributed by atoms with Crippen LogP contribution >= 0.6 is 27.7 Å². The second kappa shape index (κ2) is 7.34. The van der Waals surface area contributed by atoms with Crippen LogP contribution in [0.2, 0.25) is 0 Å². The van der Waals surface area contributed by atoms with Gasteiger partial charge >= 0.3 is 0 Å². The van der Waals surface area contributed by atoms with Crippen molar-refractivity contribution in [3.05, 3.63) is 53.1 Å². The minimum atomic E-state index is -0.168. The van der Waals surface area contributed by atoms with E-state index in [0.717, 1.165) is 10.2 Å². The van der Waals surface area contributed by atoms with E-state index in [1.165, 1.54) is 11.8 Å². The minimum Gasteiger partial charge on any atom is -0.310 e. The highest BCUT2D eigenvalue weighted by Gasteiger charge is 2.11. The Kier molecular flexibility index (Phi) is 4.99. The zero-order valence-electron chi connectivity index (χ0n) is 11.8. The number of nitrogens with zero attached hydrogens (tertiary/aromatic N) is 5. The van der Waals surface area contributed by atoms with Crippen molar-refractivity contribution in [1.29, 1.82) is 0 Å². The number of rotatable bonds is 5. The van der Waals surface area contributed by atoms with E-state index in [0.29, 0.717) is 11.0 Å². The molecular formula is C14H11BrN6OS. The van der Waals surface area contributed by atoms with Gasteiger partial charge in [-0.05, 0) is 46.8 Å². The number of amides is 1. The first kappa shape index (κ1) is 15.6. The molecule has 0 aliphatic heterocycles. The molecule has 1 amide bonds. The highest BCUT2D eigenvalue weighted by molar-refractivity contribution is 9.10. The van der Waals surface area contributed by atoms with Gasteiger partial charge < -0.3 is 5.32 Å². The molecule has 9 heteroatoms. The maximum Gasteiger partial charge on any atom is 0.236 e. The number of hydrogen-bond donors (Lipinski definition) is 1. The SMILES string of the molecule is O=C(CSc1nnnn1-c1ccc(Br)cc1)Nc1ccccn1. The molecule has 0 saturated carbocycles. The Morgan fingerprint density at radius 3 is 2.78 bits per heavy atom. The quantitative estimate of drug-likeness (QED) is 0.673. The largest absolute Gasteiger partial charge is 0.310 e. The fourth-order valence-electron chi connectivity index (χ4n) is 1.76. The topological polar surface area (TPSA) is 85.6 Å². The molecule has 1 aromatic carbocycles. The minimum absolute atomic E-state index is 0.168. The third-order valence-electron chi connectivity index (χ3n) is 2.78. The Morgan fingerprint density at radius 1 is 1.22 bits per heavy atom. The predicted octanol–water partition coefficient (Wildman–Crippen LogP) is 2.55. The molecule has 3 rings (SSSR count). The number of halogens is 1. The van der Waals surface area contributed by atoms with E-state index in [1.54, 1.807) is 23.0 Å². The van der Waals surface area contributed by atoms with Crippen LogP contribution in [-0.2, 0) is 4.79 Å². The molecule has 1 N–H and O–H groups in total. The van der Waals surface area contributed by atoms with Crippen LogP contribution in [0.1, 0.15) is 0 Å². The van der Waals surface area contributed by atoms with Crippen LogP contribution in [0.3, 0.4) is 0 Å². The van der Waals surface area contributed by atoms with Gasteiger partial charge in [0.05, 0.1) is 11.4 Å². The zero-order valence-corrected chi connectivity index (χ0v) is 14.2. The lowest BCUT2D eigenvalue weighted by molar-refractivity contribution is -0.113. The Balaban J connectivity index is 1.64. The van der Waals surface area contributed by atoms with Crippen LogP contribution < -0.4 is 5.32 Å². The molecule has 2 aromatic heterocycles. The summed E-state index contributed by atoms with van der Waals surface area (Å²) in [6.07, 6.45) is 1.62. The normalized spacial score (nSPS) is 10.5. The number of pyridine rings is 1. The Hall–Kier alpha value is -2.26. The molecule has 3 aromatic rings. The van der Waals surface area contributed by atoms with Crippen LogP contribution in [0.5, 0.6) is 0 Å².